The lowest BCUT2D eigenvalue weighted by Gasteiger charge is -2.20. The number of nitrogens with zero attached hydrogens (tertiary/aromatic N) is 1. The van der Waals surface area contributed by atoms with Gasteiger partial charge in [0, 0.05) is 30.7 Å². The summed E-state index contributed by atoms with van der Waals surface area (Å²) in [6.07, 6.45) is 5.06. The highest BCUT2D eigenvalue weighted by Gasteiger charge is 2.32. The zero-order valence-corrected chi connectivity index (χ0v) is 13.1. The summed E-state index contributed by atoms with van der Waals surface area (Å²) in [5.41, 5.74) is 0.542. The molecule has 2 fully saturated rings. The minimum Gasteiger partial charge on any atom is -0.340 e. The molecule has 23 heavy (non-hydrogen) atoms. The summed E-state index contributed by atoms with van der Waals surface area (Å²) < 4.78 is 12.8. The van der Waals surface area contributed by atoms with Crippen LogP contribution in [-0.4, -0.2) is 36.0 Å². The molecule has 0 bridgehead atoms. The Balaban J connectivity index is 1.46. The van der Waals surface area contributed by atoms with E-state index in [1.54, 1.807) is 0 Å². The van der Waals surface area contributed by atoms with E-state index in [2.05, 4.69) is 10.6 Å². The molecule has 2 aliphatic rings. The third kappa shape index (κ3) is 4.00. The molecule has 1 heterocycles. The minimum absolute atomic E-state index is 0.0270. The Hall–Kier alpha value is -2.11. The van der Waals surface area contributed by atoms with Crippen LogP contribution < -0.4 is 10.6 Å². The van der Waals surface area contributed by atoms with Crippen LogP contribution in [-0.2, 0) is 4.79 Å². The largest absolute Gasteiger partial charge is 0.340 e. The van der Waals surface area contributed by atoms with Crippen LogP contribution >= 0.6 is 0 Å². The zero-order chi connectivity index (χ0) is 16.2. The van der Waals surface area contributed by atoms with Crippen molar-refractivity contribution in [2.45, 2.75) is 38.1 Å². The molecule has 5 nitrogen and oxygen atoms in total. The Morgan fingerprint density at radius 1 is 1.09 bits per heavy atom. The third-order valence-corrected chi connectivity index (χ3v) is 4.64. The predicted octanol–water partition coefficient (Wildman–Crippen LogP) is 2.74. The molecule has 3 amide bonds. The second-order valence-corrected chi connectivity index (χ2v) is 6.36. The fraction of sp³-hybridized carbons (Fsp3) is 0.529. The number of hydrogen-bond donors (Lipinski definition) is 2. The first kappa shape index (κ1) is 15.8. The molecule has 1 aromatic rings. The van der Waals surface area contributed by atoms with Crippen molar-refractivity contribution in [2.24, 2.45) is 5.92 Å². The number of likely N-dealkylation sites (tertiary alicyclic amines) is 1. The summed E-state index contributed by atoms with van der Waals surface area (Å²) in [7, 11) is 0. The zero-order valence-electron chi connectivity index (χ0n) is 13.1. The Kier molecular flexibility index (Phi) is 4.79. The Morgan fingerprint density at radius 2 is 1.78 bits per heavy atom. The summed E-state index contributed by atoms with van der Waals surface area (Å²) in [5.74, 6) is 0.0837. The van der Waals surface area contributed by atoms with Gasteiger partial charge in [-0.25, -0.2) is 9.18 Å². The lowest BCUT2D eigenvalue weighted by atomic mass is 10.1. The fourth-order valence-electron chi connectivity index (χ4n) is 3.40. The molecular formula is C17H22FN3O2. The van der Waals surface area contributed by atoms with E-state index in [-0.39, 0.29) is 29.7 Å². The Bertz CT molecular complexity index is 570. The molecule has 0 spiro atoms. The maximum atomic E-state index is 12.8. The number of carbonyl (C=O) groups is 2. The standard InChI is InChI=1S/C17H22FN3O2/c18-13-5-7-14(8-6-13)19-17(23)20-15-9-10-21(11-15)16(22)12-3-1-2-4-12/h5-8,12,15H,1-4,9-11H2,(H2,19,20,23). The average Bonchev–Trinajstić information content (AvgIpc) is 3.20. The van der Waals surface area contributed by atoms with E-state index in [1.165, 1.54) is 24.3 Å². The van der Waals surface area contributed by atoms with Crippen LogP contribution in [0.2, 0.25) is 0 Å². The van der Waals surface area contributed by atoms with Crippen LogP contribution in [0.5, 0.6) is 0 Å². The highest BCUT2D eigenvalue weighted by molar-refractivity contribution is 5.89. The van der Waals surface area contributed by atoms with Gasteiger partial charge in [-0.05, 0) is 43.5 Å². The highest BCUT2D eigenvalue weighted by atomic mass is 19.1. The average molecular weight is 319 g/mol. The number of nitrogens with one attached hydrogen (secondary N) is 2. The van der Waals surface area contributed by atoms with Gasteiger partial charge in [-0.15, -0.1) is 0 Å². The number of anilines is 1. The van der Waals surface area contributed by atoms with Crippen molar-refractivity contribution in [1.29, 1.82) is 0 Å². The van der Waals surface area contributed by atoms with E-state index in [4.69, 9.17) is 0 Å². The van der Waals surface area contributed by atoms with E-state index in [0.717, 1.165) is 32.1 Å². The van der Waals surface area contributed by atoms with Crippen LogP contribution in [0.4, 0.5) is 14.9 Å². The Morgan fingerprint density at radius 3 is 2.48 bits per heavy atom. The van der Waals surface area contributed by atoms with Crippen LogP contribution in [0.15, 0.2) is 24.3 Å². The van der Waals surface area contributed by atoms with E-state index in [1.807, 2.05) is 4.90 Å². The fourth-order valence-corrected chi connectivity index (χ4v) is 3.40. The maximum absolute atomic E-state index is 12.8. The van der Waals surface area contributed by atoms with Crippen molar-refractivity contribution in [3.8, 4) is 0 Å². The molecule has 1 aromatic carbocycles. The van der Waals surface area contributed by atoms with Gasteiger partial charge < -0.3 is 15.5 Å². The third-order valence-electron chi connectivity index (χ3n) is 4.64. The summed E-state index contributed by atoms with van der Waals surface area (Å²) in [6, 6.07) is 5.27. The molecule has 1 aliphatic carbocycles. The SMILES string of the molecule is O=C(Nc1ccc(F)cc1)NC1CCN(C(=O)C2CCCC2)C1. The Labute approximate surface area is 135 Å². The van der Waals surface area contributed by atoms with Crippen molar-refractivity contribution in [3.63, 3.8) is 0 Å². The lowest BCUT2D eigenvalue weighted by Crippen LogP contribution is -2.41. The van der Waals surface area contributed by atoms with E-state index < -0.39 is 0 Å². The number of benzene rings is 1. The normalized spacial score (nSPS) is 21.4. The van der Waals surface area contributed by atoms with Gasteiger partial charge in [0.15, 0.2) is 0 Å². The smallest absolute Gasteiger partial charge is 0.319 e. The quantitative estimate of drug-likeness (QED) is 0.900. The van der Waals surface area contributed by atoms with E-state index in [0.29, 0.717) is 18.8 Å². The van der Waals surface area contributed by atoms with Crippen molar-refractivity contribution in [1.82, 2.24) is 10.2 Å². The molecule has 6 heteroatoms. The highest BCUT2D eigenvalue weighted by Crippen LogP contribution is 2.27. The summed E-state index contributed by atoms with van der Waals surface area (Å²) in [4.78, 5) is 26.2. The van der Waals surface area contributed by atoms with Crippen LogP contribution in [0.25, 0.3) is 0 Å². The predicted molar refractivity (Wildman–Crippen MR) is 85.5 cm³/mol. The number of urea groups is 1. The first-order valence-electron chi connectivity index (χ1n) is 8.24. The summed E-state index contributed by atoms with van der Waals surface area (Å²) >= 11 is 0. The van der Waals surface area contributed by atoms with Gasteiger partial charge in [0.25, 0.3) is 0 Å². The van der Waals surface area contributed by atoms with Crippen LogP contribution in [0.1, 0.15) is 32.1 Å². The molecule has 124 valence electrons. The molecule has 1 saturated carbocycles. The molecular weight excluding hydrogens is 297 g/mol. The number of rotatable bonds is 3. The number of halogens is 1. The van der Waals surface area contributed by atoms with E-state index >= 15 is 0 Å². The number of amides is 3. The second-order valence-electron chi connectivity index (χ2n) is 6.36. The van der Waals surface area contributed by atoms with Crippen molar-refractivity contribution < 1.29 is 14.0 Å². The van der Waals surface area contributed by atoms with Gasteiger partial charge in [-0.3, -0.25) is 4.79 Å². The first-order valence-corrected chi connectivity index (χ1v) is 8.24. The summed E-state index contributed by atoms with van der Waals surface area (Å²) in [5, 5.41) is 5.55. The molecule has 0 aromatic heterocycles. The van der Waals surface area contributed by atoms with Crippen LogP contribution in [0.3, 0.4) is 0 Å². The molecule has 2 N–H and O–H groups in total. The monoisotopic (exact) mass is 319 g/mol. The van der Waals surface area contributed by atoms with E-state index in [9.17, 15) is 14.0 Å². The molecule has 1 atom stereocenters. The molecule has 1 unspecified atom stereocenters. The van der Waals surface area contributed by atoms with Crippen LogP contribution in [0, 0.1) is 11.7 Å². The first-order chi connectivity index (χ1) is 11.1. The number of carbonyl (C=O) groups excluding carboxylic acids is 2. The number of hydrogen-bond acceptors (Lipinski definition) is 2. The van der Waals surface area contributed by atoms with Gasteiger partial charge in [-0.1, -0.05) is 12.8 Å². The molecule has 3 rings (SSSR count). The van der Waals surface area contributed by atoms with Gasteiger partial charge >= 0.3 is 6.03 Å². The summed E-state index contributed by atoms with van der Waals surface area (Å²) in [6.45, 7) is 1.28. The molecule has 0 radical (unpaired) electrons. The molecule has 1 aliphatic heterocycles. The maximum Gasteiger partial charge on any atom is 0.319 e. The van der Waals surface area contributed by atoms with Crippen molar-refractivity contribution in [3.05, 3.63) is 30.1 Å². The van der Waals surface area contributed by atoms with Gasteiger partial charge in [0.2, 0.25) is 5.91 Å². The van der Waals surface area contributed by atoms with Crippen molar-refractivity contribution >= 4 is 17.6 Å². The van der Waals surface area contributed by atoms with Gasteiger partial charge in [-0.2, -0.15) is 0 Å². The molecule has 1 saturated heterocycles. The van der Waals surface area contributed by atoms with Crippen molar-refractivity contribution in [2.75, 3.05) is 18.4 Å². The topological polar surface area (TPSA) is 61.4 Å². The van der Waals surface area contributed by atoms with Gasteiger partial charge in [0.1, 0.15) is 5.82 Å². The minimum atomic E-state index is -0.340. The van der Waals surface area contributed by atoms with Gasteiger partial charge in [0.05, 0.1) is 0 Å². The second kappa shape index (κ2) is 6.98. The lowest BCUT2D eigenvalue weighted by molar-refractivity contribution is -0.134.